The Morgan fingerprint density at radius 2 is 1.84 bits per heavy atom. The van der Waals surface area contributed by atoms with Crippen molar-refractivity contribution in [2.24, 2.45) is 0 Å². The van der Waals surface area contributed by atoms with Gasteiger partial charge in [0.25, 0.3) is 5.91 Å². The van der Waals surface area contributed by atoms with E-state index in [4.69, 9.17) is 19.3 Å². The second kappa shape index (κ2) is 7.57. The van der Waals surface area contributed by atoms with Gasteiger partial charge in [0.1, 0.15) is 5.75 Å². The zero-order valence-electron chi connectivity index (χ0n) is 13.4. The molecule has 25 heavy (non-hydrogen) atoms. The Bertz CT molecular complexity index is 772. The molecular weight excluding hydrogens is 326 g/mol. The number of benzene rings is 2. The van der Waals surface area contributed by atoms with Gasteiger partial charge in [0.15, 0.2) is 18.1 Å². The molecule has 3 rings (SSSR count). The van der Waals surface area contributed by atoms with E-state index in [1.165, 1.54) is 0 Å². The Morgan fingerprint density at radius 3 is 2.60 bits per heavy atom. The summed E-state index contributed by atoms with van der Waals surface area (Å²) >= 11 is 0. The molecule has 1 aliphatic heterocycles. The lowest BCUT2D eigenvalue weighted by molar-refractivity contribution is -0.139. The lowest BCUT2D eigenvalue weighted by Gasteiger charge is -2.07. The first-order chi connectivity index (χ1) is 12.1. The number of carboxylic acid groups (broad SMARTS) is 1. The number of carboxylic acids is 1. The molecule has 2 aromatic rings. The monoisotopic (exact) mass is 343 g/mol. The van der Waals surface area contributed by atoms with Crippen LogP contribution in [0.15, 0.2) is 42.5 Å². The van der Waals surface area contributed by atoms with Crippen LogP contribution in [0.3, 0.4) is 0 Å². The van der Waals surface area contributed by atoms with Crippen molar-refractivity contribution in [2.75, 3.05) is 19.9 Å². The molecule has 7 nitrogen and oxygen atoms in total. The molecule has 0 radical (unpaired) electrons. The standard InChI is InChI=1S/C18H17NO6/c20-17(21)10-23-14-4-1-12(2-5-14)7-8-19-18(22)13-3-6-15-16(9-13)25-11-24-15/h1-6,9H,7-8,10-11H2,(H,19,22)(H,20,21). The highest BCUT2D eigenvalue weighted by Crippen LogP contribution is 2.32. The number of carbonyl (C=O) groups excluding carboxylic acids is 1. The Balaban J connectivity index is 1.47. The van der Waals surface area contributed by atoms with Crippen LogP contribution in [0.1, 0.15) is 15.9 Å². The first-order valence-electron chi connectivity index (χ1n) is 7.73. The maximum Gasteiger partial charge on any atom is 0.341 e. The Kier molecular flexibility index (Phi) is 5.03. The van der Waals surface area contributed by atoms with Crippen LogP contribution in [0.25, 0.3) is 0 Å². The van der Waals surface area contributed by atoms with E-state index < -0.39 is 5.97 Å². The molecule has 0 aromatic heterocycles. The third-order valence-corrected chi connectivity index (χ3v) is 3.62. The Labute approximate surface area is 144 Å². The smallest absolute Gasteiger partial charge is 0.341 e. The van der Waals surface area contributed by atoms with Crippen LogP contribution >= 0.6 is 0 Å². The van der Waals surface area contributed by atoms with Gasteiger partial charge in [-0.3, -0.25) is 4.79 Å². The van der Waals surface area contributed by atoms with Crippen molar-refractivity contribution < 1.29 is 28.9 Å². The van der Waals surface area contributed by atoms with Crippen molar-refractivity contribution in [1.82, 2.24) is 5.32 Å². The molecule has 0 unspecified atom stereocenters. The summed E-state index contributed by atoms with van der Waals surface area (Å²) in [6.45, 7) is 0.278. The summed E-state index contributed by atoms with van der Waals surface area (Å²) in [5.41, 5.74) is 1.52. The highest BCUT2D eigenvalue weighted by Gasteiger charge is 2.15. The molecule has 2 N–H and O–H groups in total. The van der Waals surface area contributed by atoms with E-state index in [0.29, 0.717) is 35.8 Å². The summed E-state index contributed by atoms with van der Waals surface area (Å²) in [5.74, 6) is 0.511. The molecule has 1 aliphatic rings. The lowest BCUT2D eigenvalue weighted by Crippen LogP contribution is -2.25. The van der Waals surface area contributed by atoms with Gasteiger partial charge in [-0.2, -0.15) is 0 Å². The summed E-state index contributed by atoms with van der Waals surface area (Å²) in [6, 6.07) is 12.2. The quantitative estimate of drug-likeness (QED) is 0.797. The van der Waals surface area contributed by atoms with Crippen molar-refractivity contribution in [1.29, 1.82) is 0 Å². The van der Waals surface area contributed by atoms with Crippen LogP contribution in [-0.4, -0.2) is 36.9 Å². The van der Waals surface area contributed by atoms with Gasteiger partial charge in [-0.15, -0.1) is 0 Å². The Hall–Kier alpha value is -3.22. The predicted octanol–water partition coefficient (Wildman–Crippen LogP) is 1.85. The number of aliphatic carboxylic acids is 1. The number of rotatable bonds is 7. The van der Waals surface area contributed by atoms with Crippen LogP contribution in [0.2, 0.25) is 0 Å². The van der Waals surface area contributed by atoms with E-state index >= 15 is 0 Å². The van der Waals surface area contributed by atoms with Crippen LogP contribution in [0, 0.1) is 0 Å². The number of carbonyl (C=O) groups is 2. The fraction of sp³-hybridized carbons (Fsp3) is 0.222. The summed E-state index contributed by atoms with van der Waals surface area (Å²) in [5, 5.41) is 11.4. The first-order valence-corrected chi connectivity index (χ1v) is 7.73. The third kappa shape index (κ3) is 4.41. The van der Waals surface area contributed by atoms with Crippen molar-refractivity contribution in [3.05, 3.63) is 53.6 Å². The topological polar surface area (TPSA) is 94.1 Å². The second-order valence-corrected chi connectivity index (χ2v) is 5.40. The lowest BCUT2D eigenvalue weighted by atomic mass is 10.1. The van der Waals surface area contributed by atoms with Crippen LogP contribution in [0.4, 0.5) is 0 Å². The highest BCUT2D eigenvalue weighted by atomic mass is 16.7. The fourth-order valence-corrected chi connectivity index (χ4v) is 2.36. The molecule has 0 saturated heterocycles. The minimum absolute atomic E-state index is 0.173. The molecule has 2 aromatic carbocycles. The van der Waals surface area contributed by atoms with Crippen LogP contribution < -0.4 is 19.5 Å². The number of ether oxygens (including phenoxy) is 3. The molecule has 0 aliphatic carbocycles. The van der Waals surface area contributed by atoms with E-state index in [-0.39, 0.29) is 19.3 Å². The zero-order chi connectivity index (χ0) is 17.6. The second-order valence-electron chi connectivity index (χ2n) is 5.40. The van der Waals surface area contributed by atoms with E-state index in [2.05, 4.69) is 5.32 Å². The van der Waals surface area contributed by atoms with Gasteiger partial charge < -0.3 is 24.6 Å². The largest absolute Gasteiger partial charge is 0.482 e. The summed E-state index contributed by atoms with van der Waals surface area (Å²) < 4.78 is 15.5. The molecule has 0 spiro atoms. The average molecular weight is 343 g/mol. The fourth-order valence-electron chi connectivity index (χ4n) is 2.36. The van der Waals surface area contributed by atoms with E-state index in [1.54, 1.807) is 30.3 Å². The Morgan fingerprint density at radius 1 is 1.08 bits per heavy atom. The molecule has 1 amide bonds. The van der Waals surface area contributed by atoms with Crippen molar-refractivity contribution in [2.45, 2.75) is 6.42 Å². The van der Waals surface area contributed by atoms with Gasteiger partial charge in [-0.05, 0) is 42.3 Å². The zero-order valence-corrected chi connectivity index (χ0v) is 13.4. The van der Waals surface area contributed by atoms with E-state index in [1.807, 2.05) is 12.1 Å². The number of nitrogens with one attached hydrogen (secondary N) is 1. The van der Waals surface area contributed by atoms with Gasteiger partial charge in [0.2, 0.25) is 6.79 Å². The molecule has 0 fully saturated rings. The molecule has 1 heterocycles. The van der Waals surface area contributed by atoms with Gasteiger partial charge in [-0.1, -0.05) is 12.1 Å². The minimum atomic E-state index is -1.02. The molecule has 0 atom stereocenters. The van der Waals surface area contributed by atoms with Crippen molar-refractivity contribution >= 4 is 11.9 Å². The van der Waals surface area contributed by atoms with Crippen molar-refractivity contribution in [3.63, 3.8) is 0 Å². The number of hydrogen-bond donors (Lipinski definition) is 2. The first kappa shape index (κ1) is 16.6. The minimum Gasteiger partial charge on any atom is -0.482 e. The third-order valence-electron chi connectivity index (χ3n) is 3.62. The molecule has 7 heteroatoms. The average Bonchev–Trinajstić information content (AvgIpc) is 3.08. The van der Waals surface area contributed by atoms with Gasteiger partial charge in [0.05, 0.1) is 0 Å². The van der Waals surface area contributed by atoms with Gasteiger partial charge in [-0.25, -0.2) is 4.79 Å². The number of hydrogen-bond acceptors (Lipinski definition) is 5. The molecule has 130 valence electrons. The van der Waals surface area contributed by atoms with Gasteiger partial charge >= 0.3 is 5.97 Å². The summed E-state index contributed by atoms with van der Waals surface area (Å²) in [7, 11) is 0. The number of fused-ring (bicyclic) bond motifs is 1. The van der Waals surface area contributed by atoms with Gasteiger partial charge in [0, 0.05) is 12.1 Å². The number of amides is 1. The van der Waals surface area contributed by atoms with E-state index in [0.717, 1.165) is 5.56 Å². The van der Waals surface area contributed by atoms with Crippen LogP contribution in [0.5, 0.6) is 17.2 Å². The predicted molar refractivity (Wildman–Crippen MR) is 88.2 cm³/mol. The molecular formula is C18H17NO6. The summed E-state index contributed by atoms with van der Waals surface area (Å²) in [6.07, 6.45) is 0.648. The van der Waals surface area contributed by atoms with Crippen molar-refractivity contribution in [3.8, 4) is 17.2 Å². The molecule has 0 bridgehead atoms. The normalized spacial score (nSPS) is 11.8. The molecule has 0 saturated carbocycles. The van der Waals surface area contributed by atoms with Crippen LogP contribution in [-0.2, 0) is 11.2 Å². The summed E-state index contributed by atoms with van der Waals surface area (Å²) in [4.78, 5) is 22.6. The maximum atomic E-state index is 12.2. The SMILES string of the molecule is O=C(O)COc1ccc(CCNC(=O)c2ccc3c(c2)OCO3)cc1. The maximum absolute atomic E-state index is 12.2. The van der Waals surface area contributed by atoms with E-state index in [9.17, 15) is 9.59 Å². The highest BCUT2D eigenvalue weighted by molar-refractivity contribution is 5.94.